The fraction of sp³-hybridized carbons (Fsp3) is 0.417. The van der Waals surface area contributed by atoms with Crippen molar-refractivity contribution in [3.8, 4) is 11.1 Å². The first-order valence-corrected chi connectivity index (χ1v) is 16.9. The summed E-state index contributed by atoms with van der Waals surface area (Å²) in [5.74, 6) is -1.26. The van der Waals surface area contributed by atoms with Crippen LogP contribution >= 0.6 is 15.2 Å². The molecule has 222 valence electrons. The third kappa shape index (κ3) is 7.07. The number of amides is 2. The summed E-state index contributed by atoms with van der Waals surface area (Å²) < 4.78 is 61.0. The number of rotatable bonds is 9. The van der Waals surface area contributed by atoms with Crippen molar-refractivity contribution in [1.29, 1.82) is 0 Å². The monoisotopic (exact) mass is 620 g/mol. The maximum Gasteiger partial charge on any atom is 0.360 e. The van der Waals surface area contributed by atoms with Gasteiger partial charge in [-0.1, -0.05) is 0 Å². The topological polar surface area (TPSA) is 190 Å². The highest BCUT2D eigenvalue weighted by atomic mass is 32.2. The van der Waals surface area contributed by atoms with Crippen molar-refractivity contribution in [3.63, 3.8) is 0 Å². The van der Waals surface area contributed by atoms with Gasteiger partial charge in [0.05, 0.1) is 51.4 Å². The van der Waals surface area contributed by atoms with Crippen LogP contribution in [0.5, 0.6) is 0 Å². The zero-order valence-electron chi connectivity index (χ0n) is 23.4. The lowest BCUT2D eigenvalue weighted by molar-refractivity contribution is -0.894. The number of carbonyl (C=O) groups is 2. The van der Waals surface area contributed by atoms with E-state index in [1.54, 1.807) is 4.90 Å². The van der Waals surface area contributed by atoms with Gasteiger partial charge in [0.25, 0.3) is 0 Å². The first-order valence-electron chi connectivity index (χ1n) is 12.3. The molecular weight excluding hydrogens is 584 g/mol. The van der Waals surface area contributed by atoms with Crippen LogP contribution in [-0.2, 0) is 37.6 Å². The fourth-order valence-corrected chi connectivity index (χ4v) is 7.64. The largest absolute Gasteiger partial charge is 0.360 e. The number of benzene rings is 2. The van der Waals surface area contributed by atoms with Gasteiger partial charge in [0.15, 0.2) is 0 Å². The molecule has 0 fully saturated rings. The van der Waals surface area contributed by atoms with E-state index in [2.05, 4.69) is 40.5 Å². The highest BCUT2D eigenvalue weighted by Crippen LogP contribution is 2.51. The van der Waals surface area contributed by atoms with E-state index in [4.69, 9.17) is 0 Å². The van der Waals surface area contributed by atoms with E-state index in [1.807, 2.05) is 0 Å². The van der Waals surface area contributed by atoms with Gasteiger partial charge < -0.3 is 34.4 Å². The van der Waals surface area contributed by atoms with Crippen molar-refractivity contribution in [2.75, 3.05) is 44.5 Å². The van der Waals surface area contributed by atoms with Crippen LogP contribution in [0, 0.1) is 0 Å². The fourth-order valence-electron chi connectivity index (χ4n) is 4.11. The molecule has 3 rings (SSSR count). The van der Waals surface area contributed by atoms with Crippen LogP contribution in [0.3, 0.4) is 0 Å². The van der Waals surface area contributed by atoms with E-state index in [9.17, 15) is 36.9 Å². The normalized spacial score (nSPS) is 16.1. The van der Waals surface area contributed by atoms with Crippen LogP contribution in [0.1, 0.15) is 34.6 Å². The quantitative estimate of drug-likeness (QED) is 0.218. The van der Waals surface area contributed by atoms with Crippen LogP contribution < -0.4 is 26.1 Å². The minimum absolute atomic E-state index is 0.0628. The number of nitrogens with one attached hydrogen (secondary N) is 3. The molecule has 0 radical (unpaired) electrons. The zero-order valence-corrected chi connectivity index (χ0v) is 26.0. The van der Waals surface area contributed by atoms with E-state index in [1.165, 1.54) is 19.6 Å². The van der Waals surface area contributed by atoms with Gasteiger partial charge in [-0.05, 0) is 45.0 Å². The molecule has 2 aromatic carbocycles. The van der Waals surface area contributed by atoms with Crippen molar-refractivity contribution < 1.29 is 50.9 Å². The molecule has 0 saturated carbocycles. The maximum absolute atomic E-state index is 13.3. The van der Waals surface area contributed by atoms with Crippen LogP contribution in [0.15, 0.2) is 34.1 Å². The van der Waals surface area contributed by atoms with Crippen LogP contribution in [0.4, 0.5) is 11.4 Å². The van der Waals surface area contributed by atoms with Gasteiger partial charge in [0.1, 0.15) is 0 Å². The number of fused-ring (bicyclic) bond motifs is 3. The second-order valence-corrected chi connectivity index (χ2v) is 14.5. The van der Waals surface area contributed by atoms with Crippen molar-refractivity contribution in [1.82, 2.24) is 0 Å². The Hall–Kier alpha value is -2.41. The predicted octanol–water partition coefficient (Wildman–Crippen LogP) is 1.26. The molecule has 13 nitrogen and oxygen atoms in total. The predicted molar refractivity (Wildman–Crippen MR) is 151 cm³/mol. The number of carbonyl (C=O) groups excluding carboxylic acids is 2. The summed E-state index contributed by atoms with van der Waals surface area (Å²) in [5.41, 5.74) is -0.631. The number of hydrogen-bond acceptors (Lipinski definition) is 8. The summed E-state index contributed by atoms with van der Waals surface area (Å²) in [6, 6.07) is 4.14. The Kier molecular flexibility index (Phi) is 11.0. The van der Waals surface area contributed by atoms with Crippen molar-refractivity contribution >= 4 is 58.8 Å². The molecule has 40 heavy (non-hydrogen) atoms. The minimum atomic E-state index is -4.48. The molecule has 1 aliphatic rings. The lowest BCUT2D eigenvalue weighted by Crippen LogP contribution is -3.11. The summed E-state index contributed by atoms with van der Waals surface area (Å²) in [5, 5.41) is 3.86. The van der Waals surface area contributed by atoms with Gasteiger partial charge in [-0.25, -0.2) is 8.42 Å². The average Bonchev–Trinajstić information content (AvgIpc) is 3.09. The second-order valence-electron chi connectivity index (χ2n) is 8.81. The minimum Gasteiger partial charge on any atom is -0.336 e. The van der Waals surface area contributed by atoms with Gasteiger partial charge in [-0.3, -0.25) is 18.7 Å². The summed E-state index contributed by atoms with van der Waals surface area (Å²) in [4.78, 5) is 44.7. The van der Waals surface area contributed by atoms with Crippen molar-refractivity contribution in [2.24, 2.45) is 0 Å². The van der Waals surface area contributed by atoms with Gasteiger partial charge in [0.2, 0.25) is 21.7 Å². The van der Waals surface area contributed by atoms with E-state index >= 15 is 0 Å². The van der Waals surface area contributed by atoms with Crippen LogP contribution in [0.2, 0.25) is 0 Å². The van der Waals surface area contributed by atoms with E-state index < -0.39 is 36.8 Å². The lowest BCUT2D eigenvalue weighted by Gasteiger charge is -2.17. The molecule has 1 aliphatic heterocycles. The molecule has 2 unspecified atom stereocenters. The Bertz CT molecular complexity index is 1400. The first-order chi connectivity index (χ1) is 18.5. The summed E-state index contributed by atoms with van der Waals surface area (Å²) in [7, 11) is -11.3. The van der Waals surface area contributed by atoms with E-state index in [0.717, 1.165) is 52.3 Å². The van der Waals surface area contributed by atoms with Gasteiger partial charge in [-0.15, -0.1) is 0 Å². The molecule has 0 spiro atoms. The number of quaternary nitrogens is 1. The highest BCUT2D eigenvalue weighted by Gasteiger charge is 2.40. The maximum atomic E-state index is 13.3. The molecular formula is C24H36N3O10P2S+. The standard InChI is InChI=1S/C18H20N2O10P2S.C6H15N/c1-9(21)19-13-7-17-11(5-15(13)31(23,24)29-3)12-6-16(32(25,26)30-4)14(20-10(2)22)8-18(12)33(17,27)28;1-4-7(5-2)6-3/h5-8H,1-4H3,(H,19,21)(H,20,22)(H,23,24)(H,25,26);4-6H2,1-3H3/p+1. The zero-order chi connectivity index (χ0) is 30.6. The number of sulfone groups is 1. The summed E-state index contributed by atoms with van der Waals surface area (Å²) in [6.07, 6.45) is 0. The van der Waals surface area contributed by atoms with E-state index in [-0.39, 0.29) is 42.9 Å². The lowest BCUT2D eigenvalue weighted by atomic mass is 10.0. The van der Waals surface area contributed by atoms with Gasteiger partial charge in [0, 0.05) is 39.2 Å². The molecule has 0 aliphatic carbocycles. The summed E-state index contributed by atoms with van der Waals surface area (Å²) >= 11 is 0. The number of anilines is 2. The van der Waals surface area contributed by atoms with Crippen molar-refractivity contribution in [3.05, 3.63) is 24.3 Å². The Morgan fingerprint density at radius 3 is 1.32 bits per heavy atom. The average molecular weight is 621 g/mol. The molecule has 16 heteroatoms. The molecule has 0 aromatic heterocycles. The molecule has 5 N–H and O–H groups in total. The third-order valence-electron chi connectivity index (χ3n) is 6.29. The molecule has 2 atom stereocenters. The van der Waals surface area contributed by atoms with Gasteiger partial charge in [-0.2, -0.15) is 0 Å². The SMILES string of the molecule is CC[NH+](CC)CC.COP(=O)(O)c1cc2c(cc1NC(C)=O)S(=O)(=O)c1cc(NC(C)=O)c(P(=O)(O)OC)cc1-2. The Morgan fingerprint density at radius 1 is 0.775 bits per heavy atom. The van der Waals surface area contributed by atoms with E-state index in [0.29, 0.717) is 0 Å². The molecule has 0 saturated heterocycles. The highest BCUT2D eigenvalue weighted by molar-refractivity contribution is 7.92. The molecule has 0 bridgehead atoms. The molecule has 1 heterocycles. The Labute approximate surface area is 233 Å². The van der Waals surface area contributed by atoms with Crippen LogP contribution in [-0.4, -0.2) is 63.9 Å². The first kappa shape index (κ1) is 33.8. The Morgan fingerprint density at radius 2 is 1.10 bits per heavy atom. The molecule has 2 amide bonds. The van der Waals surface area contributed by atoms with Gasteiger partial charge >= 0.3 is 15.2 Å². The second kappa shape index (κ2) is 13.1. The van der Waals surface area contributed by atoms with Crippen LogP contribution in [0.25, 0.3) is 11.1 Å². The Balaban J connectivity index is 0.000000708. The smallest absolute Gasteiger partial charge is 0.336 e. The van der Waals surface area contributed by atoms with Crippen molar-refractivity contribution in [2.45, 2.75) is 44.4 Å². The number of hydrogen-bond donors (Lipinski definition) is 5. The third-order valence-corrected chi connectivity index (χ3v) is 11.1. The summed E-state index contributed by atoms with van der Waals surface area (Å²) in [6.45, 7) is 12.7. The molecule has 2 aromatic rings.